The molecule has 2 amide bonds. The lowest BCUT2D eigenvalue weighted by atomic mass is 10.1. The van der Waals surface area contributed by atoms with Gasteiger partial charge in [0.25, 0.3) is 17.4 Å². The van der Waals surface area contributed by atoms with Gasteiger partial charge in [-0.25, -0.2) is 8.42 Å². The van der Waals surface area contributed by atoms with E-state index in [2.05, 4.69) is 5.32 Å². The molecule has 2 aromatic rings. The van der Waals surface area contributed by atoms with Crippen molar-refractivity contribution in [3.05, 3.63) is 69.1 Å². The molecule has 5 rings (SSSR count). The number of nitriles is 1. The number of aromatic nitrogens is 1. The van der Waals surface area contributed by atoms with E-state index in [-0.39, 0.29) is 37.4 Å². The summed E-state index contributed by atoms with van der Waals surface area (Å²) >= 11 is 0. The van der Waals surface area contributed by atoms with Gasteiger partial charge in [0, 0.05) is 32.7 Å². The molecule has 194 valence electrons. The minimum atomic E-state index is -3.39. The highest BCUT2D eigenvalue weighted by Crippen LogP contribution is 2.47. The molecule has 37 heavy (non-hydrogen) atoms. The second-order valence-corrected chi connectivity index (χ2v) is 12.8. The molecule has 1 aromatic heterocycles. The van der Waals surface area contributed by atoms with Gasteiger partial charge in [-0.3, -0.25) is 14.4 Å². The predicted octanol–water partition coefficient (Wildman–Crippen LogP) is 0.757. The number of carbonyl (C=O) groups is 2. The van der Waals surface area contributed by atoms with E-state index < -0.39 is 37.2 Å². The number of pyridine rings is 1. The Morgan fingerprint density at radius 1 is 1.11 bits per heavy atom. The SMILES string of the molecule is CN1CCC(S(=O)(=O)C2(CN3CCn4c(ccc(C(=O)NCc5ccc(C#N)cc5)c4=O)C3=O)CC2)C1. The van der Waals surface area contributed by atoms with Crippen LogP contribution in [0.3, 0.4) is 0 Å². The fourth-order valence-electron chi connectivity index (χ4n) is 5.29. The van der Waals surface area contributed by atoms with Gasteiger partial charge in [-0.1, -0.05) is 12.1 Å². The van der Waals surface area contributed by atoms with Gasteiger partial charge in [0.05, 0.1) is 21.6 Å². The van der Waals surface area contributed by atoms with Crippen molar-refractivity contribution in [1.29, 1.82) is 5.26 Å². The molecule has 1 N–H and O–H groups in total. The smallest absolute Gasteiger partial charge is 0.270 e. The van der Waals surface area contributed by atoms with E-state index in [1.807, 2.05) is 18.0 Å². The highest BCUT2D eigenvalue weighted by Gasteiger charge is 2.58. The van der Waals surface area contributed by atoms with Crippen LogP contribution in [0.4, 0.5) is 0 Å². The Balaban J connectivity index is 1.28. The number of hydrogen-bond acceptors (Lipinski definition) is 7. The van der Waals surface area contributed by atoms with Gasteiger partial charge in [-0.05, 0) is 62.7 Å². The molecule has 0 bridgehead atoms. The van der Waals surface area contributed by atoms with E-state index in [0.29, 0.717) is 31.4 Å². The van der Waals surface area contributed by atoms with Crippen molar-refractivity contribution >= 4 is 21.7 Å². The van der Waals surface area contributed by atoms with Gasteiger partial charge in [0.1, 0.15) is 11.3 Å². The minimum Gasteiger partial charge on any atom is -0.348 e. The van der Waals surface area contributed by atoms with Crippen LogP contribution in [0.1, 0.15) is 51.2 Å². The Morgan fingerprint density at radius 2 is 1.84 bits per heavy atom. The molecule has 2 fully saturated rings. The van der Waals surface area contributed by atoms with Crippen LogP contribution >= 0.6 is 0 Å². The highest BCUT2D eigenvalue weighted by atomic mass is 32.2. The summed E-state index contributed by atoms with van der Waals surface area (Å²) in [6, 6.07) is 11.6. The molecule has 11 heteroatoms. The second-order valence-electron chi connectivity index (χ2n) is 10.2. The zero-order chi connectivity index (χ0) is 26.4. The van der Waals surface area contributed by atoms with E-state index in [1.165, 1.54) is 16.7 Å². The van der Waals surface area contributed by atoms with E-state index in [9.17, 15) is 22.8 Å². The first-order valence-corrected chi connectivity index (χ1v) is 13.9. The predicted molar refractivity (Wildman–Crippen MR) is 136 cm³/mol. The summed E-state index contributed by atoms with van der Waals surface area (Å²) in [5.41, 5.74) is 0.840. The quantitative estimate of drug-likeness (QED) is 0.567. The molecular weight excluding hydrogens is 494 g/mol. The Bertz CT molecular complexity index is 1450. The molecule has 1 atom stereocenters. The number of likely N-dealkylation sites (tertiary alicyclic amines) is 1. The van der Waals surface area contributed by atoms with Crippen molar-refractivity contribution in [2.45, 2.75) is 42.3 Å². The lowest BCUT2D eigenvalue weighted by molar-refractivity contribution is 0.0694. The number of rotatable bonds is 7. The molecule has 10 nitrogen and oxygen atoms in total. The fourth-order valence-corrected chi connectivity index (χ4v) is 7.87. The van der Waals surface area contributed by atoms with Crippen LogP contribution in [0.25, 0.3) is 0 Å². The van der Waals surface area contributed by atoms with Crippen LogP contribution < -0.4 is 10.9 Å². The van der Waals surface area contributed by atoms with Crippen molar-refractivity contribution in [2.24, 2.45) is 0 Å². The number of nitrogens with zero attached hydrogens (tertiary/aromatic N) is 4. The second kappa shape index (κ2) is 9.43. The lowest BCUT2D eigenvalue weighted by Crippen LogP contribution is -2.51. The zero-order valence-electron chi connectivity index (χ0n) is 20.6. The van der Waals surface area contributed by atoms with Gasteiger partial charge in [0.15, 0.2) is 9.84 Å². The topological polar surface area (TPSA) is 133 Å². The van der Waals surface area contributed by atoms with Crippen LogP contribution in [0.2, 0.25) is 0 Å². The molecule has 3 aliphatic rings. The number of carbonyl (C=O) groups excluding carboxylic acids is 2. The summed E-state index contributed by atoms with van der Waals surface area (Å²) in [5, 5.41) is 11.2. The zero-order valence-corrected chi connectivity index (χ0v) is 21.5. The van der Waals surface area contributed by atoms with Crippen molar-refractivity contribution in [2.75, 3.05) is 33.2 Å². The van der Waals surface area contributed by atoms with Gasteiger partial charge in [-0.2, -0.15) is 5.26 Å². The molecule has 1 unspecified atom stereocenters. The van der Waals surface area contributed by atoms with Crippen LogP contribution in [0.5, 0.6) is 0 Å². The number of amides is 2. The molecule has 0 spiro atoms. The third-order valence-electron chi connectivity index (χ3n) is 7.73. The maximum atomic E-state index is 13.4. The number of nitrogens with one attached hydrogen (secondary N) is 1. The van der Waals surface area contributed by atoms with E-state index in [0.717, 1.165) is 12.1 Å². The summed E-state index contributed by atoms with van der Waals surface area (Å²) in [5.74, 6) is -0.943. The Morgan fingerprint density at radius 3 is 2.46 bits per heavy atom. The average Bonchev–Trinajstić information content (AvgIpc) is 3.56. The van der Waals surface area contributed by atoms with Crippen molar-refractivity contribution in [1.82, 2.24) is 19.7 Å². The molecular formula is C26H29N5O5S. The lowest BCUT2D eigenvalue weighted by Gasteiger charge is -2.33. The summed E-state index contributed by atoms with van der Waals surface area (Å²) < 4.78 is 27.2. The summed E-state index contributed by atoms with van der Waals surface area (Å²) in [6.45, 7) is 2.00. The monoisotopic (exact) mass is 523 g/mol. The number of fused-ring (bicyclic) bond motifs is 1. The van der Waals surface area contributed by atoms with E-state index in [4.69, 9.17) is 5.26 Å². The van der Waals surface area contributed by atoms with E-state index >= 15 is 0 Å². The van der Waals surface area contributed by atoms with Gasteiger partial charge in [-0.15, -0.1) is 0 Å². The standard InChI is InChI=1S/C26H29N5O5S/c1-29-11-8-20(16-29)37(35,36)26(9-10-26)17-30-12-13-31-22(25(30)34)7-6-21(24(31)33)23(32)28-15-19-4-2-18(14-27)3-5-19/h2-7,20H,8-13,15-17H2,1H3,(H,28,32). The van der Waals surface area contributed by atoms with Gasteiger partial charge in [0.2, 0.25) is 0 Å². The Hall–Kier alpha value is -3.49. The number of hydrogen-bond donors (Lipinski definition) is 1. The molecule has 1 aromatic carbocycles. The van der Waals surface area contributed by atoms with Crippen LogP contribution in [-0.2, 0) is 22.9 Å². The fraction of sp³-hybridized carbons (Fsp3) is 0.462. The molecule has 1 aliphatic carbocycles. The third kappa shape index (κ3) is 4.55. The highest BCUT2D eigenvalue weighted by molar-refractivity contribution is 7.93. The first-order valence-electron chi connectivity index (χ1n) is 12.4. The average molecular weight is 524 g/mol. The van der Waals surface area contributed by atoms with Gasteiger partial charge < -0.3 is 19.7 Å². The van der Waals surface area contributed by atoms with Crippen LogP contribution in [-0.4, -0.2) is 77.8 Å². The molecule has 2 aliphatic heterocycles. The minimum absolute atomic E-state index is 0.0646. The summed E-state index contributed by atoms with van der Waals surface area (Å²) in [4.78, 5) is 42.6. The van der Waals surface area contributed by atoms with Crippen molar-refractivity contribution in [3.8, 4) is 6.07 Å². The first-order chi connectivity index (χ1) is 17.6. The normalized spacial score (nSPS) is 20.8. The summed E-state index contributed by atoms with van der Waals surface area (Å²) in [7, 11) is -1.48. The third-order valence-corrected chi connectivity index (χ3v) is 10.7. The maximum absolute atomic E-state index is 13.4. The number of sulfone groups is 1. The van der Waals surface area contributed by atoms with Crippen LogP contribution in [0, 0.1) is 11.3 Å². The molecule has 3 heterocycles. The Labute approximate surface area is 215 Å². The van der Waals surface area contributed by atoms with Crippen molar-refractivity contribution in [3.63, 3.8) is 0 Å². The van der Waals surface area contributed by atoms with Gasteiger partial charge >= 0.3 is 0 Å². The Kier molecular flexibility index (Phi) is 6.41. The van der Waals surface area contributed by atoms with Crippen LogP contribution in [0.15, 0.2) is 41.2 Å². The maximum Gasteiger partial charge on any atom is 0.270 e. The molecule has 1 saturated heterocycles. The molecule has 1 saturated carbocycles. The molecule has 0 radical (unpaired) electrons. The van der Waals surface area contributed by atoms with Crippen molar-refractivity contribution < 1.29 is 18.0 Å². The van der Waals surface area contributed by atoms with E-state index in [1.54, 1.807) is 29.2 Å². The summed E-state index contributed by atoms with van der Waals surface area (Å²) in [6.07, 6.45) is 1.71. The largest absolute Gasteiger partial charge is 0.348 e. The first kappa shape index (κ1) is 25.2. The number of benzene rings is 1.